The zero-order valence-electron chi connectivity index (χ0n) is 10.8. The van der Waals surface area contributed by atoms with Gasteiger partial charge in [0.2, 0.25) is 5.82 Å². The van der Waals surface area contributed by atoms with E-state index in [1.54, 1.807) is 13.0 Å². The lowest BCUT2D eigenvalue weighted by Crippen LogP contribution is -2.16. The highest BCUT2D eigenvalue weighted by atomic mass is 19.1. The number of carboxylic acids is 1. The number of nitrogens with one attached hydrogen (secondary N) is 2. The Morgan fingerprint density at radius 2 is 2.19 bits per heavy atom. The van der Waals surface area contributed by atoms with Crippen LogP contribution in [0.25, 0.3) is 0 Å². The quantitative estimate of drug-likeness (QED) is 0.737. The van der Waals surface area contributed by atoms with E-state index in [0.29, 0.717) is 5.56 Å². The first-order valence-electron chi connectivity index (χ1n) is 5.74. The fourth-order valence-electron chi connectivity index (χ4n) is 1.63. The Hall–Kier alpha value is -3.03. The summed E-state index contributed by atoms with van der Waals surface area (Å²) in [5.41, 5.74) is -1.29. The number of carbonyl (C=O) groups is 1. The molecule has 1 heterocycles. The molecule has 0 aliphatic carbocycles. The summed E-state index contributed by atoms with van der Waals surface area (Å²) in [4.78, 5) is 27.7. The number of rotatable bonds is 4. The molecule has 108 valence electrons. The maximum Gasteiger partial charge on any atom is 0.354 e. The van der Waals surface area contributed by atoms with Gasteiger partial charge in [0.1, 0.15) is 5.75 Å². The molecule has 0 saturated carbocycles. The van der Waals surface area contributed by atoms with Gasteiger partial charge in [0.25, 0.3) is 11.4 Å². The predicted octanol–water partition coefficient (Wildman–Crippen LogP) is 1.46. The highest BCUT2D eigenvalue weighted by molar-refractivity contribution is 6.41. The molecule has 0 amide bonds. The van der Waals surface area contributed by atoms with E-state index in [1.165, 1.54) is 12.1 Å². The number of aromatic amines is 1. The molecule has 2 rings (SSSR count). The Balaban J connectivity index is 2.54. The lowest BCUT2D eigenvalue weighted by Gasteiger charge is -2.12. The van der Waals surface area contributed by atoms with Crippen LogP contribution in [-0.4, -0.2) is 26.8 Å². The van der Waals surface area contributed by atoms with Crippen LogP contribution in [0, 0.1) is 18.2 Å². The molecule has 7 nitrogen and oxygen atoms in total. The van der Waals surface area contributed by atoms with Crippen LogP contribution in [0.2, 0.25) is 0 Å². The number of benzene rings is 1. The molecule has 3 N–H and O–H groups in total. The van der Waals surface area contributed by atoms with Crippen molar-refractivity contribution in [1.29, 1.82) is 5.41 Å². The molecule has 0 saturated heterocycles. The van der Waals surface area contributed by atoms with Gasteiger partial charge in [-0.25, -0.2) is 9.78 Å². The van der Waals surface area contributed by atoms with Crippen LogP contribution in [0.1, 0.15) is 11.1 Å². The fourth-order valence-corrected chi connectivity index (χ4v) is 1.63. The summed E-state index contributed by atoms with van der Waals surface area (Å²) in [6.07, 6.45) is 0.960. The molecular formula is C13H10FN3O4. The summed E-state index contributed by atoms with van der Waals surface area (Å²) in [6, 6.07) is 4.49. The molecule has 1 aromatic heterocycles. The summed E-state index contributed by atoms with van der Waals surface area (Å²) in [5.74, 6) is -3.31. The standard InChI is InChI=1S/C13H10FN3O4/c1-6-3-2-4-7(9(15)13(19)20)10(6)21-12-8(14)11(18)16-5-17-12/h2-5,15H,1H3,(H,19,20)(H,16,17,18). The molecule has 0 fully saturated rings. The van der Waals surface area contributed by atoms with E-state index in [4.69, 9.17) is 15.3 Å². The van der Waals surface area contributed by atoms with Crippen molar-refractivity contribution in [1.82, 2.24) is 9.97 Å². The van der Waals surface area contributed by atoms with Gasteiger partial charge in [0.05, 0.1) is 6.33 Å². The van der Waals surface area contributed by atoms with Crippen LogP contribution in [-0.2, 0) is 4.79 Å². The normalized spacial score (nSPS) is 10.2. The van der Waals surface area contributed by atoms with Gasteiger partial charge in [0, 0.05) is 5.56 Å². The molecule has 21 heavy (non-hydrogen) atoms. The van der Waals surface area contributed by atoms with Gasteiger partial charge in [-0.3, -0.25) is 10.2 Å². The number of hydrogen-bond acceptors (Lipinski definition) is 5. The number of nitrogens with zero attached hydrogens (tertiary/aromatic N) is 1. The van der Waals surface area contributed by atoms with Crippen molar-refractivity contribution in [2.24, 2.45) is 0 Å². The first kappa shape index (κ1) is 14.4. The smallest absolute Gasteiger partial charge is 0.354 e. The number of hydrogen-bond donors (Lipinski definition) is 3. The summed E-state index contributed by atoms with van der Waals surface area (Å²) < 4.78 is 18.8. The summed E-state index contributed by atoms with van der Waals surface area (Å²) in [5, 5.41) is 16.4. The third-order valence-electron chi connectivity index (χ3n) is 2.66. The Morgan fingerprint density at radius 3 is 2.86 bits per heavy atom. The van der Waals surface area contributed by atoms with Crippen molar-refractivity contribution >= 4 is 11.7 Å². The van der Waals surface area contributed by atoms with Gasteiger partial charge in [0.15, 0.2) is 5.71 Å². The van der Waals surface area contributed by atoms with Crippen LogP contribution >= 0.6 is 0 Å². The van der Waals surface area contributed by atoms with E-state index in [0.717, 1.165) is 6.33 Å². The molecule has 1 aromatic carbocycles. The Kier molecular flexibility index (Phi) is 3.79. The molecule has 8 heteroatoms. The van der Waals surface area contributed by atoms with Crippen molar-refractivity contribution in [2.75, 3.05) is 0 Å². The Labute approximate surface area is 117 Å². The number of ether oxygens (including phenoxy) is 1. The zero-order valence-corrected chi connectivity index (χ0v) is 10.8. The topological polar surface area (TPSA) is 116 Å². The number of aryl methyl sites for hydroxylation is 1. The van der Waals surface area contributed by atoms with Gasteiger partial charge in [-0.05, 0) is 18.6 Å². The van der Waals surface area contributed by atoms with E-state index in [1.807, 2.05) is 4.98 Å². The van der Waals surface area contributed by atoms with E-state index in [-0.39, 0.29) is 11.3 Å². The third kappa shape index (κ3) is 2.78. The molecule has 0 aliphatic heterocycles. The lowest BCUT2D eigenvalue weighted by atomic mass is 10.1. The average Bonchev–Trinajstić information content (AvgIpc) is 2.45. The van der Waals surface area contributed by atoms with Crippen LogP contribution in [0.15, 0.2) is 29.3 Å². The number of aliphatic carboxylic acids is 1. The van der Waals surface area contributed by atoms with Gasteiger partial charge >= 0.3 is 5.97 Å². The second-order valence-corrected chi connectivity index (χ2v) is 4.08. The minimum absolute atomic E-state index is 0.0380. The van der Waals surface area contributed by atoms with E-state index < -0.39 is 28.9 Å². The van der Waals surface area contributed by atoms with Gasteiger partial charge in [-0.15, -0.1) is 0 Å². The predicted molar refractivity (Wildman–Crippen MR) is 70.5 cm³/mol. The fraction of sp³-hybridized carbons (Fsp3) is 0.0769. The largest absolute Gasteiger partial charge is 0.477 e. The summed E-state index contributed by atoms with van der Waals surface area (Å²) in [7, 11) is 0. The Morgan fingerprint density at radius 1 is 1.48 bits per heavy atom. The van der Waals surface area contributed by atoms with Crippen LogP contribution in [0.5, 0.6) is 11.6 Å². The molecule has 0 aliphatic rings. The van der Waals surface area contributed by atoms with Crippen molar-refractivity contribution in [3.05, 3.63) is 51.8 Å². The van der Waals surface area contributed by atoms with Crippen molar-refractivity contribution < 1.29 is 19.0 Å². The second-order valence-electron chi connectivity index (χ2n) is 4.08. The van der Waals surface area contributed by atoms with Crippen LogP contribution in [0.4, 0.5) is 4.39 Å². The highest BCUT2D eigenvalue weighted by Crippen LogP contribution is 2.28. The van der Waals surface area contributed by atoms with E-state index >= 15 is 0 Å². The lowest BCUT2D eigenvalue weighted by molar-refractivity contribution is -0.129. The molecule has 2 aromatic rings. The minimum Gasteiger partial charge on any atom is -0.477 e. The van der Waals surface area contributed by atoms with Crippen molar-refractivity contribution in [2.45, 2.75) is 6.92 Å². The maximum absolute atomic E-state index is 13.6. The summed E-state index contributed by atoms with van der Waals surface area (Å²) in [6.45, 7) is 1.60. The van der Waals surface area contributed by atoms with Gasteiger partial charge in [-0.1, -0.05) is 12.1 Å². The molecule has 0 bridgehead atoms. The number of H-pyrrole nitrogens is 1. The van der Waals surface area contributed by atoms with E-state index in [9.17, 15) is 14.0 Å². The minimum atomic E-state index is -1.45. The third-order valence-corrected chi connectivity index (χ3v) is 2.66. The number of halogens is 1. The number of aromatic nitrogens is 2. The average molecular weight is 291 g/mol. The number of para-hydroxylation sites is 1. The molecule has 0 atom stereocenters. The monoisotopic (exact) mass is 291 g/mol. The van der Waals surface area contributed by atoms with Crippen molar-refractivity contribution in [3.63, 3.8) is 0 Å². The SMILES string of the molecule is Cc1cccc(C(=N)C(=O)O)c1Oc1nc[nH]c(=O)c1F. The van der Waals surface area contributed by atoms with E-state index in [2.05, 4.69) is 4.98 Å². The van der Waals surface area contributed by atoms with Gasteiger partial charge in [-0.2, -0.15) is 4.39 Å². The molecule has 0 radical (unpaired) electrons. The van der Waals surface area contributed by atoms with Crippen LogP contribution in [0.3, 0.4) is 0 Å². The highest BCUT2D eigenvalue weighted by Gasteiger charge is 2.20. The maximum atomic E-state index is 13.6. The second kappa shape index (κ2) is 5.53. The van der Waals surface area contributed by atoms with Crippen molar-refractivity contribution in [3.8, 4) is 11.6 Å². The summed E-state index contributed by atoms with van der Waals surface area (Å²) >= 11 is 0. The Bertz CT molecular complexity index is 785. The number of carboxylic acid groups (broad SMARTS) is 1. The first-order valence-corrected chi connectivity index (χ1v) is 5.74. The van der Waals surface area contributed by atoms with Crippen LogP contribution < -0.4 is 10.3 Å². The molecule has 0 spiro atoms. The molecule has 0 unspecified atom stereocenters. The first-order chi connectivity index (χ1) is 9.91. The van der Waals surface area contributed by atoms with Gasteiger partial charge < -0.3 is 14.8 Å². The molecular weight excluding hydrogens is 281 g/mol. The zero-order chi connectivity index (χ0) is 15.6.